The monoisotopic (exact) mass is 284 g/mol. The van der Waals surface area contributed by atoms with Gasteiger partial charge in [-0.1, -0.05) is 23.7 Å². The van der Waals surface area contributed by atoms with Crippen molar-refractivity contribution in [3.8, 4) is 23.3 Å². The standard InChI is InChI=1S/C14H9ClN4O/c1-7-2-3-8(11(15)4-7)12-9(5-16)13(18)19-14(20)10(12)6-17/h2-4H,1H3,(H3,18,19,20). The highest BCUT2D eigenvalue weighted by Crippen LogP contribution is 2.33. The van der Waals surface area contributed by atoms with E-state index in [1.807, 2.05) is 13.0 Å². The third-order valence-corrected chi connectivity index (χ3v) is 3.17. The molecule has 0 aliphatic rings. The number of anilines is 1. The van der Waals surface area contributed by atoms with Crippen molar-refractivity contribution in [2.24, 2.45) is 0 Å². The van der Waals surface area contributed by atoms with Crippen LogP contribution in [0.15, 0.2) is 23.0 Å². The van der Waals surface area contributed by atoms with Gasteiger partial charge in [-0.3, -0.25) is 4.79 Å². The summed E-state index contributed by atoms with van der Waals surface area (Å²) in [6, 6.07) is 8.83. The van der Waals surface area contributed by atoms with Gasteiger partial charge in [0.05, 0.1) is 0 Å². The van der Waals surface area contributed by atoms with Crippen LogP contribution in [0.5, 0.6) is 0 Å². The first-order valence-electron chi connectivity index (χ1n) is 5.62. The van der Waals surface area contributed by atoms with Gasteiger partial charge in [0.1, 0.15) is 29.1 Å². The van der Waals surface area contributed by atoms with Crippen molar-refractivity contribution in [2.75, 3.05) is 5.73 Å². The summed E-state index contributed by atoms with van der Waals surface area (Å²) in [5.41, 5.74) is 6.38. The molecule has 0 aliphatic heterocycles. The predicted molar refractivity (Wildman–Crippen MR) is 76.1 cm³/mol. The number of rotatable bonds is 1. The number of nitriles is 2. The van der Waals surface area contributed by atoms with Gasteiger partial charge < -0.3 is 10.7 Å². The zero-order chi connectivity index (χ0) is 14.9. The molecule has 0 saturated heterocycles. The lowest BCUT2D eigenvalue weighted by molar-refractivity contribution is 1.21. The molecule has 6 heteroatoms. The van der Waals surface area contributed by atoms with Gasteiger partial charge in [0.15, 0.2) is 0 Å². The van der Waals surface area contributed by atoms with E-state index in [0.717, 1.165) is 5.56 Å². The van der Waals surface area contributed by atoms with E-state index in [9.17, 15) is 10.1 Å². The molecular formula is C14H9ClN4O. The minimum atomic E-state index is -0.643. The number of nitrogens with zero attached hydrogens (tertiary/aromatic N) is 2. The maximum absolute atomic E-state index is 11.8. The highest BCUT2D eigenvalue weighted by atomic mass is 35.5. The Morgan fingerprint density at radius 2 is 1.90 bits per heavy atom. The molecule has 0 saturated carbocycles. The van der Waals surface area contributed by atoms with Gasteiger partial charge in [0, 0.05) is 16.1 Å². The molecular weight excluding hydrogens is 276 g/mol. The summed E-state index contributed by atoms with van der Waals surface area (Å²) in [5, 5.41) is 18.7. The van der Waals surface area contributed by atoms with Crippen LogP contribution in [0, 0.1) is 29.6 Å². The number of benzene rings is 1. The molecule has 0 radical (unpaired) electrons. The van der Waals surface area contributed by atoms with E-state index in [-0.39, 0.29) is 22.5 Å². The quantitative estimate of drug-likeness (QED) is 0.838. The summed E-state index contributed by atoms with van der Waals surface area (Å²) >= 11 is 6.15. The number of aryl methyl sites for hydroxylation is 1. The van der Waals surface area contributed by atoms with Crippen LogP contribution in [0.1, 0.15) is 16.7 Å². The molecule has 0 unspecified atom stereocenters. The highest BCUT2D eigenvalue weighted by Gasteiger charge is 2.19. The molecule has 0 aliphatic carbocycles. The maximum atomic E-state index is 11.8. The van der Waals surface area contributed by atoms with Crippen LogP contribution in [-0.2, 0) is 0 Å². The number of aromatic amines is 1. The van der Waals surface area contributed by atoms with E-state index in [1.165, 1.54) is 0 Å². The second-order valence-electron chi connectivity index (χ2n) is 4.20. The van der Waals surface area contributed by atoms with Crippen LogP contribution >= 0.6 is 11.6 Å². The van der Waals surface area contributed by atoms with Gasteiger partial charge in [-0.05, 0) is 18.6 Å². The summed E-state index contributed by atoms with van der Waals surface area (Å²) in [5.74, 6) is -0.0804. The third kappa shape index (κ3) is 2.11. The molecule has 5 nitrogen and oxygen atoms in total. The normalized spacial score (nSPS) is 9.80. The number of nitrogens with one attached hydrogen (secondary N) is 1. The van der Waals surface area contributed by atoms with Gasteiger partial charge >= 0.3 is 0 Å². The fourth-order valence-corrected chi connectivity index (χ4v) is 2.27. The van der Waals surface area contributed by atoms with Crippen LogP contribution in [0.25, 0.3) is 11.1 Å². The summed E-state index contributed by atoms with van der Waals surface area (Å²) in [6.07, 6.45) is 0. The first kappa shape index (κ1) is 13.7. The van der Waals surface area contributed by atoms with Gasteiger partial charge in [-0.15, -0.1) is 0 Å². The van der Waals surface area contributed by atoms with Crippen LogP contribution in [-0.4, -0.2) is 4.98 Å². The number of hydrogen-bond acceptors (Lipinski definition) is 4. The number of H-pyrrole nitrogens is 1. The number of halogens is 1. The van der Waals surface area contributed by atoms with Crippen molar-refractivity contribution in [1.29, 1.82) is 10.5 Å². The molecule has 0 bridgehead atoms. The van der Waals surface area contributed by atoms with Crippen LogP contribution < -0.4 is 11.3 Å². The lowest BCUT2D eigenvalue weighted by Crippen LogP contribution is -2.16. The summed E-state index contributed by atoms with van der Waals surface area (Å²) < 4.78 is 0. The van der Waals surface area contributed by atoms with Crippen LogP contribution in [0.3, 0.4) is 0 Å². The predicted octanol–water partition coefficient (Wildman–Crippen LogP) is 2.33. The molecule has 0 atom stereocenters. The Morgan fingerprint density at radius 3 is 2.45 bits per heavy atom. The van der Waals surface area contributed by atoms with Gasteiger partial charge in [-0.2, -0.15) is 10.5 Å². The van der Waals surface area contributed by atoms with E-state index in [0.29, 0.717) is 10.6 Å². The summed E-state index contributed by atoms with van der Waals surface area (Å²) in [6.45, 7) is 1.86. The number of nitrogens with two attached hydrogens (primary N) is 1. The van der Waals surface area contributed by atoms with E-state index in [2.05, 4.69) is 4.98 Å². The van der Waals surface area contributed by atoms with Crippen LogP contribution in [0.2, 0.25) is 5.02 Å². The van der Waals surface area contributed by atoms with Crippen molar-refractivity contribution < 1.29 is 0 Å². The fraction of sp³-hybridized carbons (Fsp3) is 0.0714. The van der Waals surface area contributed by atoms with Gasteiger partial charge in [-0.25, -0.2) is 0 Å². The van der Waals surface area contributed by atoms with E-state index >= 15 is 0 Å². The average Bonchev–Trinajstić information content (AvgIpc) is 2.38. The Kier molecular flexibility index (Phi) is 3.47. The molecule has 1 aromatic carbocycles. The smallest absolute Gasteiger partial charge is 0.268 e. The van der Waals surface area contributed by atoms with E-state index in [1.54, 1.807) is 24.3 Å². The second-order valence-corrected chi connectivity index (χ2v) is 4.61. The Bertz CT molecular complexity index is 840. The van der Waals surface area contributed by atoms with Crippen molar-refractivity contribution >= 4 is 17.4 Å². The van der Waals surface area contributed by atoms with E-state index < -0.39 is 5.56 Å². The van der Waals surface area contributed by atoms with Crippen molar-refractivity contribution in [3.63, 3.8) is 0 Å². The molecule has 20 heavy (non-hydrogen) atoms. The third-order valence-electron chi connectivity index (χ3n) is 2.86. The van der Waals surface area contributed by atoms with Gasteiger partial charge in [0.25, 0.3) is 5.56 Å². The van der Waals surface area contributed by atoms with E-state index in [4.69, 9.17) is 22.6 Å². The molecule has 0 spiro atoms. The van der Waals surface area contributed by atoms with Gasteiger partial charge in [0.2, 0.25) is 0 Å². The number of aromatic nitrogens is 1. The van der Waals surface area contributed by atoms with Crippen molar-refractivity contribution in [2.45, 2.75) is 6.92 Å². The molecule has 0 amide bonds. The molecule has 1 heterocycles. The Morgan fingerprint density at radius 1 is 1.25 bits per heavy atom. The Balaban J connectivity index is 2.97. The lowest BCUT2D eigenvalue weighted by Gasteiger charge is -2.10. The minimum absolute atomic E-state index is 0.0342. The number of hydrogen-bond donors (Lipinski definition) is 2. The van der Waals surface area contributed by atoms with Crippen molar-refractivity contribution in [1.82, 2.24) is 4.98 Å². The Hall–Kier alpha value is -2.76. The molecule has 98 valence electrons. The minimum Gasteiger partial charge on any atom is -0.384 e. The zero-order valence-electron chi connectivity index (χ0n) is 10.5. The first-order chi connectivity index (χ1) is 9.49. The average molecular weight is 285 g/mol. The molecule has 0 fully saturated rings. The highest BCUT2D eigenvalue weighted by molar-refractivity contribution is 6.33. The first-order valence-corrected chi connectivity index (χ1v) is 5.99. The summed E-state index contributed by atoms with van der Waals surface area (Å²) in [4.78, 5) is 14.1. The summed E-state index contributed by atoms with van der Waals surface area (Å²) in [7, 11) is 0. The molecule has 1 aromatic heterocycles. The maximum Gasteiger partial charge on any atom is 0.268 e. The molecule has 2 aromatic rings. The zero-order valence-corrected chi connectivity index (χ0v) is 11.2. The number of nitrogen functional groups attached to an aromatic ring is 1. The van der Waals surface area contributed by atoms with Crippen LogP contribution in [0.4, 0.5) is 5.82 Å². The molecule has 2 rings (SSSR count). The topological polar surface area (TPSA) is 106 Å². The lowest BCUT2D eigenvalue weighted by atomic mass is 9.96. The van der Waals surface area contributed by atoms with Crippen molar-refractivity contribution in [3.05, 3.63) is 50.3 Å². The SMILES string of the molecule is Cc1ccc(-c2c(C#N)c(N)[nH]c(=O)c2C#N)c(Cl)c1. The fourth-order valence-electron chi connectivity index (χ4n) is 1.94. The molecule has 3 N–H and O–H groups in total. The second kappa shape index (κ2) is 5.08. The largest absolute Gasteiger partial charge is 0.384 e. The number of pyridine rings is 1. The Labute approximate surface area is 119 Å².